The molecule has 0 unspecified atom stereocenters. The van der Waals surface area contributed by atoms with E-state index in [1.807, 2.05) is 0 Å². The van der Waals surface area contributed by atoms with Gasteiger partial charge in [0.1, 0.15) is 5.76 Å². The predicted molar refractivity (Wildman–Crippen MR) is 92.1 cm³/mol. The van der Waals surface area contributed by atoms with Gasteiger partial charge < -0.3 is 9.73 Å². The maximum atomic E-state index is 11.9. The zero-order chi connectivity index (χ0) is 17.6. The number of carbonyl (C=O) groups excluding carboxylic acids is 1. The molecular formula is C16H19ClN2O4S. The molecule has 0 radical (unpaired) electrons. The van der Waals surface area contributed by atoms with Crippen molar-refractivity contribution in [3.63, 3.8) is 0 Å². The summed E-state index contributed by atoms with van der Waals surface area (Å²) in [5.41, 5.74) is 0.840. The molecule has 24 heavy (non-hydrogen) atoms. The van der Waals surface area contributed by atoms with Crippen molar-refractivity contribution in [1.29, 1.82) is 0 Å². The van der Waals surface area contributed by atoms with Crippen LogP contribution in [0.4, 0.5) is 0 Å². The molecule has 8 heteroatoms. The van der Waals surface area contributed by atoms with E-state index in [4.69, 9.17) is 16.0 Å². The third kappa shape index (κ3) is 5.99. The molecule has 0 saturated carbocycles. The first kappa shape index (κ1) is 18.5. The van der Waals surface area contributed by atoms with Gasteiger partial charge in [0.05, 0.1) is 25.5 Å². The van der Waals surface area contributed by atoms with Crippen LogP contribution >= 0.6 is 11.6 Å². The summed E-state index contributed by atoms with van der Waals surface area (Å²) in [5.74, 6) is 0.372. The standard InChI is InChI=1S/C16H19ClN2O4S/c1-24(21,22)19(12-15-3-2-10-23-15)9-8-18-16(20)11-13-4-6-14(17)7-5-13/h2-7,10H,8-9,11-12H2,1H3,(H,18,20). The molecule has 1 aromatic carbocycles. The van der Waals surface area contributed by atoms with Gasteiger partial charge in [0.15, 0.2) is 0 Å². The van der Waals surface area contributed by atoms with E-state index in [9.17, 15) is 13.2 Å². The predicted octanol–water partition coefficient (Wildman–Crippen LogP) is 2.05. The summed E-state index contributed by atoms with van der Waals surface area (Å²) in [7, 11) is -3.40. The van der Waals surface area contributed by atoms with Crippen LogP contribution in [0.15, 0.2) is 47.1 Å². The first-order valence-corrected chi connectivity index (χ1v) is 9.56. The number of furan rings is 1. The Kier molecular flexibility index (Phi) is 6.42. The summed E-state index contributed by atoms with van der Waals surface area (Å²) in [6.07, 6.45) is 2.84. The number of nitrogens with one attached hydrogen (secondary N) is 1. The van der Waals surface area contributed by atoms with E-state index in [0.717, 1.165) is 11.8 Å². The Morgan fingerprint density at radius 3 is 2.54 bits per heavy atom. The topological polar surface area (TPSA) is 79.6 Å². The Labute approximate surface area is 146 Å². The lowest BCUT2D eigenvalue weighted by Gasteiger charge is -2.19. The van der Waals surface area contributed by atoms with E-state index < -0.39 is 10.0 Å². The highest BCUT2D eigenvalue weighted by molar-refractivity contribution is 7.88. The highest BCUT2D eigenvalue weighted by Crippen LogP contribution is 2.10. The molecule has 2 rings (SSSR count). The fraction of sp³-hybridized carbons (Fsp3) is 0.312. The monoisotopic (exact) mass is 370 g/mol. The van der Waals surface area contributed by atoms with Crippen molar-refractivity contribution in [2.24, 2.45) is 0 Å². The molecule has 0 spiro atoms. The second-order valence-electron chi connectivity index (χ2n) is 5.33. The van der Waals surface area contributed by atoms with Gasteiger partial charge in [-0.05, 0) is 29.8 Å². The van der Waals surface area contributed by atoms with Crippen LogP contribution in [0, 0.1) is 0 Å². The lowest BCUT2D eigenvalue weighted by atomic mass is 10.1. The molecule has 0 aliphatic heterocycles. The van der Waals surface area contributed by atoms with Gasteiger partial charge in [-0.1, -0.05) is 23.7 Å². The lowest BCUT2D eigenvalue weighted by molar-refractivity contribution is -0.120. The first-order chi connectivity index (χ1) is 11.3. The van der Waals surface area contributed by atoms with Gasteiger partial charge in [-0.2, -0.15) is 4.31 Å². The second-order valence-corrected chi connectivity index (χ2v) is 7.75. The second kappa shape index (κ2) is 8.32. The molecule has 6 nitrogen and oxygen atoms in total. The van der Waals surface area contributed by atoms with Crippen molar-refractivity contribution in [3.05, 3.63) is 59.0 Å². The van der Waals surface area contributed by atoms with Crippen molar-refractivity contribution in [2.45, 2.75) is 13.0 Å². The van der Waals surface area contributed by atoms with E-state index in [1.165, 1.54) is 10.6 Å². The minimum Gasteiger partial charge on any atom is -0.468 e. The highest BCUT2D eigenvalue weighted by atomic mass is 35.5. The van der Waals surface area contributed by atoms with Crippen molar-refractivity contribution in [2.75, 3.05) is 19.3 Å². The van der Waals surface area contributed by atoms with Gasteiger partial charge in [0, 0.05) is 18.1 Å². The molecule has 0 aliphatic carbocycles. The van der Waals surface area contributed by atoms with E-state index in [1.54, 1.807) is 36.4 Å². The lowest BCUT2D eigenvalue weighted by Crippen LogP contribution is -2.38. The van der Waals surface area contributed by atoms with Crippen LogP contribution in [0.2, 0.25) is 5.02 Å². The van der Waals surface area contributed by atoms with Crippen LogP contribution in [0.3, 0.4) is 0 Å². The zero-order valence-corrected chi connectivity index (χ0v) is 14.8. The first-order valence-electron chi connectivity index (χ1n) is 7.33. The fourth-order valence-electron chi connectivity index (χ4n) is 2.11. The third-order valence-electron chi connectivity index (χ3n) is 3.34. The van der Waals surface area contributed by atoms with Gasteiger partial charge in [-0.25, -0.2) is 8.42 Å². The van der Waals surface area contributed by atoms with Crippen LogP contribution in [0.5, 0.6) is 0 Å². The summed E-state index contributed by atoms with van der Waals surface area (Å²) in [6.45, 7) is 0.533. The third-order valence-corrected chi connectivity index (χ3v) is 4.84. The maximum absolute atomic E-state index is 11.9. The Morgan fingerprint density at radius 2 is 1.96 bits per heavy atom. The van der Waals surface area contributed by atoms with E-state index >= 15 is 0 Å². The Balaban J connectivity index is 1.83. The van der Waals surface area contributed by atoms with Crippen molar-refractivity contribution in [1.82, 2.24) is 9.62 Å². The zero-order valence-electron chi connectivity index (χ0n) is 13.2. The normalized spacial score (nSPS) is 11.6. The largest absolute Gasteiger partial charge is 0.468 e. The molecule has 2 aromatic rings. The van der Waals surface area contributed by atoms with Gasteiger partial charge in [-0.15, -0.1) is 0 Å². The highest BCUT2D eigenvalue weighted by Gasteiger charge is 2.18. The minimum absolute atomic E-state index is 0.138. The van der Waals surface area contributed by atoms with Crippen LogP contribution in [0.1, 0.15) is 11.3 Å². The van der Waals surface area contributed by atoms with E-state index in [-0.39, 0.29) is 32.0 Å². The molecule has 1 aromatic heterocycles. The SMILES string of the molecule is CS(=O)(=O)N(CCNC(=O)Cc1ccc(Cl)cc1)Cc1ccco1. The molecule has 1 heterocycles. The number of hydrogen-bond donors (Lipinski definition) is 1. The average molecular weight is 371 g/mol. The Bertz CT molecular complexity index is 758. The van der Waals surface area contributed by atoms with E-state index in [2.05, 4.69) is 5.32 Å². The summed E-state index contributed by atoms with van der Waals surface area (Å²) in [6, 6.07) is 10.4. The fourth-order valence-corrected chi connectivity index (χ4v) is 3.02. The summed E-state index contributed by atoms with van der Waals surface area (Å²) in [5, 5.41) is 3.33. The van der Waals surface area contributed by atoms with Gasteiger partial charge >= 0.3 is 0 Å². The summed E-state index contributed by atoms with van der Waals surface area (Å²) >= 11 is 5.80. The van der Waals surface area contributed by atoms with Crippen molar-refractivity contribution >= 4 is 27.5 Å². The number of amides is 1. The number of halogens is 1. The molecular weight excluding hydrogens is 352 g/mol. The molecule has 130 valence electrons. The van der Waals surface area contributed by atoms with Gasteiger partial charge in [0.25, 0.3) is 0 Å². The number of rotatable bonds is 8. The van der Waals surface area contributed by atoms with Crippen LogP contribution in [-0.4, -0.2) is 38.0 Å². The number of hydrogen-bond acceptors (Lipinski definition) is 4. The molecule has 1 N–H and O–H groups in total. The number of carbonyl (C=O) groups is 1. The quantitative estimate of drug-likeness (QED) is 0.771. The molecule has 0 saturated heterocycles. The Morgan fingerprint density at radius 1 is 1.25 bits per heavy atom. The van der Waals surface area contributed by atoms with Crippen molar-refractivity contribution < 1.29 is 17.6 Å². The molecule has 0 atom stereocenters. The van der Waals surface area contributed by atoms with E-state index in [0.29, 0.717) is 10.8 Å². The Hall–Kier alpha value is -1.83. The van der Waals surface area contributed by atoms with Crippen LogP contribution in [-0.2, 0) is 27.8 Å². The minimum atomic E-state index is -3.40. The number of benzene rings is 1. The average Bonchev–Trinajstić information content (AvgIpc) is 3.01. The smallest absolute Gasteiger partial charge is 0.224 e. The molecule has 0 fully saturated rings. The molecule has 0 aliphatic rings. The summed E-state index contributed by atoms with van der Waals surface area (Å²) < 4.78 is 30.1. The number of sulfonamides is 1. The summed E-state index contributed by atoms with van der Waals surface area (Å²) in [4.78, 5) is 11.9. The van der Waals surface area contributed by atoms with Gasteiger partial charge in [0.2, 0.25) is 15.9 Å². The number of nitrogens with zero attached hydrogens (tertiary/aromatic N) is 1. The van der Waals surface area contributed by atoms with Crippen LogP contribution < -0.4 is 5.32 Å². The van der Waals surface area contributed by atoms with Crippen molar-refractivity contribution in [3.8, 4) is 0 Å². The van der Waals surface area contributed by atoms with Crippen LogP contribution in [0.25, 0.3) is 0 Å². The van der Waals surface area contributed by atoms with Gasteiger partial charge in [-0.3, -0.25) is 4.79 Å². The molecule has 0 bridgehead atoms. The maximum Gasteiger partial charge on any atom is 0.224 e. The molecule has 1 amide bonds.